The summed E-state index contributed by atoms with van der Waals surface area (Å²) in [5, 5.41) is 3.42. The number of hydrogen-bond acceptors (Lipinski definition) is 3. The molecule has 0 bridgehead atoms. The Labute approximate surface area is 159 Å². The fourth-order valence-corrected chi connectivity index (χ4v) is 3.45. The van der Waals surface area contributed by atoms with Gasteiger partial charge in [0.15, 0.2) is 6.61 Å². The summed E-state index contributed by atoms with van der Waals surface area (Å²) in [6.45, 7) is -0.304. The molecule has 0 saturated heterocycles. The van der Waals surface area contributed by atoms with E-state index in [9.17, 15) is 18.0 Å². The molecule has 0 spiro atoms. The Morgan fingerprint density at radius 1 is 1.11 bits per heavy atom. The van der Waals surface area contributed by atoms with Gasteiger partial charge in [0.05, 0.1) is 5.56 Å². The van der Waals surface area contributed by atoms with E-state index in [1.165, 1.54) is 17.7 Å². The summed E-state index contributed by atoms with van der Waals surface area (Å²) in [7, 11) is 0. The Balaban J connectivity index is 1.42. The van der Waals surface area contributed by atoms with E-state index in [0.29, 0.717) is 5.75 Å². The van der Waals surface area contributed by atoms with Crippen molar-refractivity contribution in [2.24, 2.45) is 0 Å². The predicted molar refractivity (Wildman–Crippen MR) is 98.4 cm³/mol. The monoisotopic (exact) mass is 389 g/mol. The van der Waals surface area contributed by atoms with Crippen LogP contribution in [0.2, 0.25) is 0 Å². The molecule has 1 aliphatic carbocycles. The average Bonchev–Trinajstić information content (AvgIpc) is 3.04. The summed E-state index contributed by atoms with van der Waals surface area (Å²) in [4.78, 5) is 12.1. The molecule has 4 nitrogen and oxygen atoms in total. The van der Waals surface area contributed by atoms with Gasteiger partial charge in [0.1, 0.15) is 17.1 Å². The first-order chi connectivity index (χ1) is 13.4. The number of alkyl halides is 3. The van der Waals surface area contributed by atoms with Gasteiger partial charge in [-0.05, 0) is 55.7 Å². The number of furan rings is 1. The van der Waals surface area contributed by atoms with E-state index < -0.39 is 17.6 Å². The first-order valence-electron chi connectivity index (χ1n) is 9.04. The maximum absolute atomic E-state index is 12.8. The molecule has 0 saturated carbocycles. The quantitative estimate of drug-likeness (QED) is 0.655. The van der Waals surface area contributed by atoms with Gasteiger partial charge in [0, 0.05) is 23.1 Å². The zero-order valence-electron chi connectivity index (χ0n) is 14.9. The third kappa shape index (κ3) is 3.83. The van der Waals surface area contributed by atoms with Gasteiger partial charge in [0.25, 0.3) is 5.91 Å². The number of fused-ring (bicyclic) bond motifs is 3. The van der Waals surface area contributed by atoms with Gasteiger partial charge < -0.3 is 14.5 Å². The zero-order valence-corrected chi connectivity index (χ0v) is 14.9. The molecule has 0 atom stereocenters. The second-order valence-electron chi connectivity index (χ2n) is 6.78. The Morgan fingerprint density at radius 2 is 1.93 bits per heavy atom. The maximum Gasteiger partial charge on any atom is 0.416 e. The van der Waals surface area contributed by atoms with Gasteiger partial charge in [-0.2, -0.15) is 13.2 Å². The number of nitrogens with one attached hydrogen (secondary N) is 1. The number of aryl methyl sites for hydroxylation is 2. The van der Waals surface area contributed by atoms with Crippen molar-refractivity contribution in [2.75, 3.05) is 11.9 Å². The van der Waals surface area contributed by atoms with Gasteiger partial charge in [-0.25, -0.2) is 0 Å². The van der Waals surface area contributed by atoms with E-state index in [4.69, 9.17) is 9.15 Å². The van der Waals surface area contributed by atoms with E-state index in [1.54, 1.807) is 6.07 Å². The van der Waals surface area contributed by atoms with Crippen LogP contribution in [-0.2, 0) is 23.8 Å². The largest absolute Gasteiger partial charge is 0.484 e. The predicted octanol–water partition coefficient (Wildman–Crippen LogP) is 5.35. The van der Waals surface area contributed by atoms with Crippen molar-refractivity contribution in [3.63, 3.8) is 0 Å². The molecule has 1 N–H and O–H groups in total. The molecular formula is C21H18F3NO3. The van der Waals surface area contributed by atoms with Gasteiger partial charge in [0.2, 0.25) is 0 Å². The van der Waals surface area contributed by atoms with E-state index in [1.807, 2.05) is 12.1 Å². The second kappa shape index (κ2) is 7.22. The van der Waals surface area contributed by atoms with Crippen LogP contribution >= 0.6 is 0 Å². The zero-order chi connectivity index (χ0) is 19.7. The number of hydrogen-bond donors (Lipinski definition) is 1. The van der Waals surface area contributed by atoms with Crippen molar-refractivity contribution in [3.8, 4) is 5.75 Å². The number of carbonyl (C=O) groups excluding carboxylic acids is 1. The lowest BCUT2D eigenvalue weighted by molar-refractivity contribution is -0.137. The topological polar surface area (TPSA) is 51.5 Å². The normalized spacial score (nSPS) is 14.0. The summed E-state index contributed by atoms with van der Waals surface area (Å²) in [5.74, 6) is 0.996. The molecule has 28 heavy (non-hydrogen) atoms. The van der Waals surface area contributed by atoms with Crippen LogP contribution in [0, 0.1) is 0 Å². The Hall–Kier alpha value is -2.96. The van der Waals surface area contributed by atoms with E-state index in [-0.39, 0.29) is 12.3 Å². The molecule has 0 radical (unpaired) electrons. The summed E-state index contributed by atoms with van der Waals surface area (Å²) in [5.41, 5.74) is 1.25. The van der Waals surface area contributed by atoms with Crippen LogP contribution in [0.5, 0.6) is 5.75 Å². The smallest absolute Gasteiger partial charge is 0.416 e. The van der Waals surface area contributed by atoms with Crippen LogP contribution in [0.25, 0.3) is 11.0 Å². The lowest BCUT2D eigenvalue weighted by atomic mass is 9.96. The number of amides is 1. The standard InChI is InChI=1S/C21H18F3NO3/c22-21(23,24)13-4-3-5-14(10-13)25-20(26)12-27-15-8-9-19-17(11-15)16-6-1-2-7-18(16)28-19/h3-5,8-11H,1-2,6-7,12H2,(H,25,26). The highest BCUT2D eigenvalue weighted by Gasteiger charge is 2.30. The van der Waals surface area contributed by atoms with E-state index in [2.05, 4.69) is 5.32 Å². The summed E-state index contributed by atoms with van der Waals surface area (Å²) < 4.78 is 49.6. The maximum atomic E-state index is 12.8. The van der Waals surface area contributed by atoms with Crippen LogP contribution in [-0.4, -0.2) is 12.5 Å². The lowest BCUT2D eigenvalue weighted by Crippen LogP contribution is -2.20. The highest BCUT2D eigenvalue weighted by atomic mass is 19.4. The van der Waals surface area contributed by atoms with Crippen LogP contribution in [0.4, 0.5) is 18.9 Å². The van der Waals surface area contributed by atoms with E-state index in [0.717, 1.165) is 54.5 Å². The molecule has 3 aromatic rings. The first-order valence-corrected chi connectivity index (χ1v) is 9.04. The minimum atomic E-state index is -4.46. The molecule has 7 heteroatoms. The van der Waals surface area contributed by atoms with Crippen molar-refractivity contribution in [2.45, 2.75) is 31.9 Å². The number of rotatable bonds is 4. The fourth-order valence-electron chi connectivity index (χ4n) is 3.45. The minimum Gasteiger partial charge on any atom is -0.484 e. The molecule has 1 amide bonds. The Morgan fingerprint density at radius 3 is 2.75 bits per heavy atom. The summed E-state index contributed by atoms with van der Waals surface area (Å²) in [6, 6.07) is 9.87. The van der Waals surface area contributed by atoms with Crippen molar-refractivity contribution >= 4 is 22.6 Å². The van der Waals surface area contributed by atoms with Crippen LogP contribution in [0.15, 0.2) is 46.9 Å². The van der Waals surface area contributed by atoms with Crippen LogP contribution < -0.4 is 10.1 Å². The van der Waals surface area contributed by atoms with Crippen LogP contribution in [0.1, 0.15) is 29.7 Å². The molecule has 0 aliphatic heterocycles. The summed E-state index contributed by atoms with van der Waals surface area (Å²) >= 11 is 0. The number of halogens is 3. The average molecular weight is 389 g/mol. The third-order valence-corrected chi connectivity index (χ3v) is 4.77. The molecule has 1 aliphatic rings. The number of ether oxygens (including phenoxy) is 1. The van der Waals surface area contributed by atoms with Crippen molar-refractivity contribution in [3.05, 3.63) is 59.4 Å². The van der Waals surface area contributed by atoms with Gasteiger partial charge in [-0.1, -0.05) is 6.07 Å². The molecular weight excluding hydrogens is 371 g/mol. The van der Waals surface area contributed by atoms with Gasteiger partial charge in [-0.3, -0.25) is 4.79 Å². The number of anilines is 1. The van der Waals surface area contributed by atoms with Crippen molar-refractivity contribution in [1.29, 1.82) is 0 Å². The second-order valence-corrected chi connectivity index (χ2v) is 6.78. The van der Waals surface area contributed by atoms with Crippen LogP contribution in [0.3, 0.4) is 0 Å². The minimum absolute atomic E-state index is 0.0720. The summed E-state index contributed by atoms with van der Waals surface area (Å²) in [6.07, 6.45) is -0.337. The van der Waals surface area contributed by atoms with Crippen molar-refractivity contribution in [1.82, 2.24) is 0 Å². The molecule has 0 fully saturated rings. The molecule has 1 aromatic heterocycles. The lowest BCUT2D eigenvalue weighted by Gasteiger charge is -2.11. The Kier molecular flexibility index (Phi) is 4.75. The molecule has 1 heterocycles. The fraction of sp³-hybridized carbons (Fsp3) is 0.286. The van der Waals surface area contributed by atoms with Gasteiger partial charge >= 0.3 is 6.18 Å². The number of benzene rings is 2. The van der Waals surface area contributed by atoms with Crippen molar-refractivity contribution < 1.29 is 27.1 Å². The SMILES string of the molecule is O=C(COc1ccc2oc3c(c2c1)CCCC3)Nc1cccc(C(F)(F)F)c1. The molecule has 146 valence electrons. The molecule has 2 aromatic carbocycles. The highest BCUT2D eigenvalue weighted by molar-refractivity contribution is 5.92. The highest BCUT2D eigenvalue weighted by Crippen LogP contribution is 2.34. The van der Waals surface area contributed by atoms with Gasteiger partial charge in [-0.15, -0.1) is 0 Å². The third-order valence-electron chi connectivity index (χ3n) is 4.77. The molecule has 0 unspecified atom stereocenters. The van der Waals surface area contributed by atoms with E-state index >= 15 is 0 Å². The first kappa shape index (κ1) is 18.4. The molecule has 4 rings (SSSR count). The Bertz CT molecular complexity index is 1020. The number of carbonyl (C=O) groups is 1.